The minimum atomic E-state index is -0.0739. The molecule has 2 aliphatic rings. The fraction of sp³-hybridized carbons (Fsp3) is 0.429. The lowest BCUT2D eigenvalue weighted by Gasteiger charge is -2.22. The van der Waals surface area contributed by atoms with E-state index in [1.165, 1.54) is 24.3 Å². The first-order valence-electron chi connectivity index (χ1n) is 6.77. The number of halogens is 1. The van der Waals surface area contributed by atoms with Gasteiger partial charge in [-0.25, -0.2) is 0 Å². The van der Waals surface area contributed by atoms with Crippen molar-refractivity contribution in [2.24, 2.45) is 5.92 Å². The lowest BCUT2D eigenvalue weighted by Crippen LogP contribution is -2.43. The molecule has 1 amide bonds. The molecule has 1 N–H and O–H groups in total. The predicted octanol–water partition coefficient (Wildman–Crippen LogP) is 2.38. The second-order valence-electron chi connectivity index (χ2n) is 5.55. The Morgan fingerprint density at radius 2 is 2.35 bits per heavy atom. The maximum atomic E-state index is 12.3. The summed E-state index contributed by atoms with van der Waals surface area (Å²) in [6.07, 6.45) is 2.91. The molecule has 0 saturated carbocycles. The highest BCUT2D eigenvalue weighted by molar-refractivity contribution is 7.22. The summed E-state index contributed by atoms with van der Waals surface area (Å²) in [5.41, 5.74) is 0.480. The summed E-state index contributed by atoms with van der Waals surface area (Å²) in [7, 11) is 0. The van der Waals surface area contributed by atoms with Gasteiger partial charge in [-0.2, -0.15) is 0 Å². The summed E-state index contributed by atoms with van der Waals surface area (Å²) in [6.45, 7) is 3.27. The molecule has 2 saturated heterocycles. The van der Waals surface area contributed by atoms with E-state index in [2.05, 4.69) is 15.2 Å². The number of fused-ring (bicyclic) bond motifs is 3. The molecule has 0 radical (unpaired) electrons. The van der Waals surface area contributed by atoms with Gasteiger partial charge in [-0.15, -0.1) is 11.3 Å². The molecule has 4 heterocycles. The summed E-state index contributed by atoms with van der Waals surface area (Å²) in [5, 5.41) is 4.12. The zero-order valence-corrected chi connectivity index (χ0v) is 12.4. The van der Waals surface area contributed by atoms with Gasteiger partial charge in [0.25, 0.3) is 5.91 Å². The van der Waals surface area contributed by atoms with Crippen molar-refractivity contribution in [1.82, 2.24) is 15.2 Å². The van der Waals surface area contributed by atoms with Gasteiger partial charge in [-0.05, 0) is 31.0 Å². The van der Waals surface area contributed by atoms with Crippen molar-refractivity contribution in [3.05, 3.63) is 28.4 Å². The first-order chi connectivity index (χ1) is 9.69. The highest BCUT2D eigenvalue weighted by Crippen LogP contribution is 2.30. The third-order valence-electron chi connectivity index (χ3n) is 4.25. The molecule has 2 aromatic heterocycles. The van der Waals surface area contributed by atoms with Crippen molar-refractivity contribution in [2.75, 3.05) is 19.6 Å². The number of nitrogens with one attached hydrogen (secondary N) is 1. The Kier molecular flexibility index (Phi) is 2.94. The highest BCUT2D eigenvalue weighted by atomic mass is 35.5. The Balaban J connectivity index is 1.54. The first kappa shape index (κ1) is 12.6. The van der Waals surface area contributed by atoms with Gasteiger partial charge in [0.05, 0.1) is 4.34 Å². The van der Waals surface area contributed by atoms with E-state index in [-0.39, 0.29) is 11.9 Å². The SMILES string of the molecule is O=C(NC1CN2CCC1C2)c1cc2sc(Cl)cc2cn1. The number of piperidine rings is 1. The lowest BCUT2D eigenvalue weighted by atomic mass is 10.00. The summed E-state index contributed by atoms with van der Waals surface area (Å²) in [6, 6.07) is 3.98. The van der Waals surface area contributed by atoms with Crippen molar-refractivity contribution in [3.63, 3.8) is 0 Å². The lowest BCUT2D eigenvalue weighted by molar-refractivity contribution is 0.0919. The fourth-order valence-corrected chi connectivity index (χ4v) is 4.38. The Morgan fingerprint density at radius 1 is 1.45 bits per heavy atom. The van der Waals surface area contributed by atoms with Gasteiger partial charge in [-0.3, -0.25) is 9.78 Å². The van der Waals surface area contributed by atoms with E-state index >= 15 is 0 Å². The van der Waals surface area contributed by atoms with Crippen LogP contribution in [0, 0.1) is 5.92 Å². The Hall–Kier alpha value is -1.17. The summed E-state index contributed by atoms with van der Waals surface area (Å²) in [5.74, 6) is 0.536. The average Bonchev–Trinajstić information content (AvgIpc) is 3.10. The van der Waals surface area contributed by atoms with Crippen LogP contribution < -0.4 is 5.32 Å². The molecule has 6 heteroatoms. The molecular weight excluding hydrogens is 294 g/mol. The molecule has 3 atom stereocenters. The van der Waals surface area contributed by atoms with Crippen molar-refractivity contribution in [3.8, 4) is 0 Å². The van der Waals surface area contributed by atoms with E-state index in [0.717, 1.165) is 27.5 Å². The van der Waals surface area contributed by atoms with Crippen LogP contribution >= 0.6 is 22.9 Å². The van der Waals surface area contributed by atoms with E-state index in [9.17, 15) is 4.79 Å². The molecule has 4 rings (SSSR count). The minimum absolute atomic E-state index is 0.0739. The molecule has 2 aromatic rings. The molecule has 3 unspecified atom stereocenters. The van der Waals surface area contributed by atoms with Crippen LogP contribution in [-0.2, 0) is 0 Å². The number of hydrogen-bond acceptors (Lipinski definition) is 4. The van der Waals surface area contributed by atoms with Crippen LogP contribution in [0.5, 0.6) is 0 Å². The quantitative estimate of drug-likeness (QED) is 0.926. The molecule has 0 spiro atoms. The molecule has 20 heavy (non-hydrogen) atoms. The van der Waals surface area contributed by atoms with Crippen molar-refractivity contribution in [2.45, 2.75) is 12.5 Å². The third kappa shape index (κ3) is 2.10. The van der Waals surface area contributed by atoms with Gasteiger partial charge in [0.15, 0.2) is 0 Å². The van der Waals surface area contributed by atoms with Crippen LogP contribution in [0.3, 0.4) is 0 Å². The number of thiophene rings is 1. The van der Waals surface area contributed by atoms with Gasteiger partial charge in [-0.1, -0.05) is 11.6 Å². The van der Waals surface area contributed by atoms with Crippen LogP contribution in [0.2, 0.25) is 4.34 Å². The average molecular weight is 308 g/mol. The van der Waals surface area contributed by atoms with Gasteiger partial charge in [0, 0.05) is 35.4 Å². The molecule has 2 fully saturated rings. The number of hydrogen-bond donors (Lipinski definition) is 1. The van der Waals surface area contributed by atoms with Crippen LogP contribution in [0.15, 0.2) is 18.3 Å². The monoisotopic (exact) mass is 307 g/mol. The zero-order valence-electron chi connectivity index (χ0n) is 10.8. The summed E-state index contributed by atoms with van der Waals surface area (Å²) >= 11 is 7.46. The third-order valence-corrected chi connectivity index (χ3v) is 5.48. The smallest absolute Gasteiger partial charge is 0.270 e. The molecule has 4 nitrogen and oxygen atoms in total. The number of aromatic nitrogens is 1. The van der Waals surface area contributed by atoms with Crippen LogP contribution in [-0.4, -0.2) is 41.5 Å². The molecular formula is C14H14ClN3OS. The number of rotatable bonds is 2. The van der Waals surface area contributed by atoms with E-state index in [0.29, 0.717) is 11.6 Å². The topological polar surface area (TPSA) is 45.2 Å². The highest BCUT2D eigenvalue weighted by Gasteiger charge is 2.38. The van der Waals surface area contributed by atoms with E-state index in [4.69, 9.17) is 11.6 Å². The minimum Gasteiger partial charge on any atom is -0.346 e. The summed E-state index contributed by atoms with van der Waals surface area (Å²) < 4.78 is 1.73. The maximum Gasteiger partial charge on any atom is 0.270 e. The first-order valence-corrected chi connectivity index (χ1v) is 7.97. The standard InChI is InChI=1S/C14H14ClN3OS/c15-13-3-9-5-16-10(4-12(9)20-13)14(19)17-11-7-18-2-1-8(11)6-18/h3-5,8,11H,1-2,6-7H2,(H,17,19). The maximum absolute atomic E-state index is 12.3. The fourth-order valence-electron chi connectivity index (χ4n) is 3.22. The molecule has 104 valence electrons. The molecule has 0 aliphatic carbocycles. The molecule has 2 aliphatic heterocycles. The van der Waals surface area contributed by atoms with Crippen molar-refractivity contribution in [1.29, 1.82) is 0 Å². The van der Waals surface area contributed by atoms with Gasteiger partial charge >= 0.3 is 0 Å². The van der Waals surface area contributed by atoms with Crippen LogP contribution in [0.4, 0.5) is 0 Å². The van der Waals surface area contributed by atoms with Crippen LogP contribution in [0.1, 0.15) is 16.9 Å². The normalized spacial score (nSPS) is 28.1. The van der Waals surface area contributed by atoms with Gasteiger partial charge in [0.1, 0.15) is 5.69 Å². The second kappa shape index (κ2) is 4.69. The van der Waals surface area contributed by atoms with Crippen molar-refractivity contribution >= 4 is 38.9 Å². The van der Waals surface area contributed by atoms with Crippen LogP contribution in [0.25, 0.3) is 10.1 Å². The Labute approximate surface area is 125 Å². The van der Waals surface area contributed by atoms with Gasteiger partial charge < -0.3 is 10.2 Å². The predicted molar refractivity (Wildman–Crippen MR) is 80.4 cm³/mol. The number of carbonyl (C=O) groups is 1. The van der Waals surface area contributed by atoms with E-state index < -0.39 is 0 Å². The number of pyridine rings is 1. The Morgan fingerprint density at radius 3 is 3.10 bits per heavy atom. The van der Waals surface area contributed by atoms with Crippen molar-refractivity contribution < 1.29 is 4.79 Å². The molecule has 2 bridgehead atoms. The summed E-state index contributed by atoms with van der Waals surface area (Å²) in [4.78, 5) is 19.0. The van der Waals surface area contributed by atoms with Gasteiger partial charge in [0.2, 0.25) is 0 Å². The van der Waals surface area contributed by atoms with E-state index in [1.807, 2.05) is 12.1 Å². The molecule has 0 aromatic carbocycles. The zero-order chi connectivity index (χ0) is 13.7. The number of amides is 1. The number of nitrogens with zero attached hydrogens (tertiary/aromatic N) is 2. The number of carbonyl (C=O) groups excluding carboxylic acids is 1. The largest absolute Gasteiger partial charge is 0.346 e. The second-order valence-corrected chi connectivity index (χ2v) is 7.26. The van der Waals surface area contributed by atoms with E-state index in [1.54, 1.807) is 6.20 Å². The Bertz CT molecular complexity index is 686.